The SMILES string of the molecule is Nc1cc(CO)cnc1-c1cccc(F)c1F. The second-order valence-electron chi connectivity index (χ2n) is 3.54. The minimum absolute atomic E-state index is 0.00647. The minimum atomic E-state index is -0.983. The average Bonchev–Trinajstić information content (AvgIpc) is 2.33. The van der Waals surface area contributed by atoms with Crippen LogP contribution in [0.3, 0.4) is 0 Å². The fourth-order valence-electron chi connectivity index (χ4n) is 1.53. The fourth-order valence-corrected chi connectivity index (χ4v) is 1.53. The zero-order chi connectivity index (χ0) is 12.4. The van der Waals surface area contributed by atoms with Crippen LogP contribution in [-0.4, -0.2) is 10.1 Å². The second kappa shape index (κ2) is 4.47. The van der Waals surface area contributed by atoms with Gasteiger partial charge in [0.15, 0.2) is 11.6 Å². The number of anilines is 1. The molecule has 0 saturated heterocycles. The van der Waals surface area contributed by atoms with Crippen LogP contribution < -0.4 is 5.73 Å². The van der Waals surface area contributed by atoms with Crippen molar-refractivity contribution >= 4 is 5.69 Å². The first-order chi connectivity index (χ1) is 8.13. The lowest BCUT2D eigenvalue weighted by Crippen LogP contribution is -1.99. The Labute approximate surface area is 96.5 Å². The number of nitrogens with two attached hydrogens (primary N) is 1. The van der Waals surface area contributed by atoms with Crippen molar-refractivity contribution in [3.8, 4) is 11.3 Å². The molecule has 88 valence electrons. The molecule has 0 aliphatic heterocycles. The molecule has 0 amide bonds. The number of nitrogens with zero attached hydrogens (tertiary/aromatic N) is 1. The summed E-state index contributed by atoms with van der Waals surface area (Å²) in [6.07, 6.45) is 1.37. The van der Waals surface area contributed by atoms with Crippen molar-refractivity contribution in [2.45, 2.75) is 6.61 Å². The van der Waals surface area contributed by atoms with Gasteiger partial charge in [0.25, 0.3) is 0 Å². The summed E-state index contributed by atoms with van der Waals surface area (Å²) in [5, 5.41) is 8.89. The number of rotatable bonds is 2. The lowest BCUT2D eigenvalue weighted by molar-refractivity contribution is 0.281. The van der Waals surface area contributed by atoms with Gasteiger partial charge in [-0.1, -0.05) is 6.07 Å². The molecule has 0 unspecified atom stereocenters. The molecule has 5 heteroatoms. The molecular weight excluding hydrogens is 226 g/mol. The smallest absolute Gasteiger partial charge is 0.168 e. The molecule has 2 rings (SSSR count). The number of nitrogen functional groups attached to an aromatic ring is 1. The van der Waals surface area contributed by atoms with E-state index >= 15 is 0 Å². The Balaban J connectivity index is 2.57. The zero-order valence-electron chi connectivity index (χ0n) is 8.82. The molecule has 0 aliphatic rings. The number of hydrogen-bond acceptors (Lipinski definition) is 3. The van der Waals surface area contributed by atoms with Gasteiger partial charge in [-0.2, -0.15) is 0 Å². The van der Waals surface area contributed by atoms with E-state index in [0.29, 0.717) is 5.56 Å². The standard InChI is InChI=1S/C12H10F2N2O/c13-9-3-1-2-8(11(9)14)12-10(15)4-7(6-17)5-16-12/h1-5,17H,6,15H2. The molecule has 0 bridgehead atoms. The third-order valence-corrected chi connectivity index (χ3v) is 2.36. The first kappa shape index (κ1) is 11.5. The maximum Gasteiger partial charge on any atom is 0.168 e. The normalized spacial score (nSPS) is 10.5. The molecule has 2 aromatic rings. The number of aliphatic hydroxyl groups excluding tert-OH is 1. The third-order valence-electron chi connectivity index (χ3n) is 2.36. The number of aromatic nitrogens is 1. The molecule has 3 nitrogen and oxygen atoms in total. The number of aliphatic hydroxyl groups is 1. The molecule has 0 saturated carbocycles. The van der Waals surface area contributed by atoms with E-state index in [2.05, 4.69) is 4.98 Å². The maximum absolute atomic E-state index is 13.5. The van der Waals surface area contributed by atoms with E-state index in [1.165, 1.54) is 24.4 Å². The van der Waals surface area contributed by atoms with E-state index in [-0.39, 0.29) is 23.6 Å². The maximum atomic E-state index is 13.5. The zero-order valence-corrected chi connectivity index (χ0v) is 8.82. The van der Waals surface area contributed by atoms with Gasteiger partial charge in [-0.25, -0.2) is 8.78 Å². The van der Waals surface area contributed by atoms with E-state index in [1.807, 2.05) is 0 Å². The van der Waals surface area contributed by atoms with Crippen molar-refractivity contribution in [3.63, 3.8) is 0 Å². The number of halogens is 2. The summed E-state index contributed by atoms with van der Waals surface area (Å²) in [6, 6.07) is 5.29. The number of benzene rings is 1. The highest BCUT2D eigenvalue weighted by molar-refractivity contribution is 5.73. The van der Waals surface area contributed by atoms with E-state index in [4.69, 9.17) is 10.8 Å². The summed E-state index contributed by atoms with van der Waals surface area (Å²) in [4.78, 5) is 3.93. The molecule has 0 atom stereocenters. The number of pyridine rings is 1. The molecule has 1 aromatic carbocycles. The van der Waals surface area contributed by atoms with Crippen LogP contribution in [0.25, 0.3) is 11.3 Å². The predicted octanol–water partition coefficient (Wildman–Crippen LogP) is 2.10. The highest BCUT2D eigenvalue weighted by Crippen LogP contribution is 2.27. The van der Waals surface area contributed by atoms with Crippen LogP contribution in [0.5, 0.6) is 0 Å². The summed E-state index contributed by atoms with van der Waals surface area (Å²) in [7, 11) is 0. The summed E-state index contributed by atoms with van der Waals surface area (Å²) < 4.78 is 26.6. The van der Waals surface area contributed by atoms with Gasteiger partial charge in [0.1, 0.15) is 0 Å². The van der Waals surface area contributed by atoms with Crippen molar-refractivity contribution in [3.05, 3.63) is 47.7 Å². The van der Waals surface area contributed by atoms with Gasteiger partial charge in [-0.15, -0.1) is 0 Å². The van der Waals surface area contributed by atoms with Gasteiger partial charge >= 0.3 is 0 Å². The van der Waals surface area contributed by atoms with Crippen LogP contribution >= 0.6 is 0 Å². The molecule has 0 aliphatic carbocycles. The molecule has 1 heterocycles. The quantitative estimate of drug-likeness (QED) is 0.839. The molecule has 0 radical (unpaired) electrons. The Bertz CT molecular complexity index is 558. The first-order valence-electron chi connectivity index (χ1n) is 4.93. The topological polar surface area (TPSA) is 59.1 Å². The molecule has 3 N–H and O–H groups in total. The van der Waals surface area contributed by atoms with E-state index in [9.17, 15) is 8.78 Å². The van der Waals surface area contributed by atoms with Crippen molar-refractivity contribution < 1.29 is 13.9 Å². The van der Waals surface area contributed by atoms with Gasteiger partial charge in [-0.05, 0) is 23.8 Å². The molecule has 17 heavy (non-hydrogen) atoms. The summed E-state index contributed by atoms with van der Waals surface area (Å²) in [6.45, 7) is -0.205. The Morgan fingerprint density at radius 2 is 2.06 bits per heavy atom. The summed E-state index contributed by atoms with van der Waals surface area (Å²) in [5.41, 5.74) is 6.57. The Morgan fingerprint density at radius 3 is 2.71 bits per heavy atom. The van der Waals surface area contributed by atoms with Crippen LogP contribution in [0, 0.1) is 11.6 Å². The van der Waals surface area contributed by atoms with Crippen LogP contribution in [0.2, 0.25) is 0 Å². The second-order valence-corrected chi connectivity index (χ2v) is 3.54. The van der Waals surface area contributed by atoms with Crippen LogP contribution in [0.4, 0.5) is 14.5 Å². The van der Waals surface area contributed by atoms with Crippen molar-refractivity contribution in [2.24, 2.45) is 0 Å². The van der Waals surface area contributed by atoms with Crippen molar-refractivity contribution in [1.29, 1.82) is 0 Å². The predicted molar refractivity (Wildman–Crippen MR) is 59.9 cm³/mol. The number of hydrogen-bond donors (Lipinski definition) is 2. The first-order valence-corrected chi connectivity index (χ1v) is 4.93. The van der Waals surface area contributed by atoms with Gasteiger partial charge in [-0.3, -0.25) is 4.98 Å². The molecule has 0 spiro atoms. The van der Waals surface area contributed by atoms with Gasteiger partial charge in [0.2, 0.25) is 0 Å². The largest absolute Gasteiger partial charge is 0.397 e. The van der Waals surface area contributed by atoms with Crippen molar-refractivity contribution in [2.75, 3.05) is 5.73 Å². The fraction of sp³-hybridized carbons (Fsp3) is 0.0833. The molecular formula is C12H10F2N2O. The van der Waals surface area contributed by atoms with Gasteiger partial charge in [0, 0.05) is 11.8 Å². The monoisotopic (exact) mass is 236 g/mol. The van der Waals surface area contributed by atoms with E-state index in [0.717, 1.165) is 6.07 Å². The highest BCUT2D eigenvalue weighted by Gasteiger charge is 2.13. The van der Waals surface area contributed by atoms with Crippen LogP contribution in [0.1, 0.15) is 5.56 Å². The summed E-state index contributed by atoms with van der Waals surface area (Å²) in [5.74, 6) is -1.93. The highest BCUT2D eigenvalue weighted by atomic mass is 19.2. The lowest BCUT2D eigenvalue weighted by atomic mass is 10.1. The van der Waals surface area contributed by atoms with E-state index < -0.39 is 11.6 Å². The van der Waals surface area contributed by atoms with Crippen molar-refractivity contribution in [1.82, 2.24) is 4.98 Å². The average molecular weight is 236 g/mol. The Morgan fingerprint density at radius 1 is 1.29 bits per heavy atom. The van der Waals surface area contributed by atoms with Gasteiger partial charge < -0.3 is 10.8 Å². The minimum Gasteiger partial charge on any atom is -0.397 e. The van der Waals surface area contributed by atoms with E-state index in [1.54, 1.807) is 0 Å². The Kier molecular flexibility index (Phi) is 3.01. The third kappa shape index (κ3) is 2.09. The van der Waals surface area contributed by atoms with Gasteiger partial charge in [0.05, 0.1) is 18.0 Å². The summed E-state index contributed by atoms with van der Waals surface area (Å²) >= 11 is 0. The van der Waals surface area contributed by atoms with Crippen LogP contribution in [0.15, 0.2) is 30.5 Å². The molecule has 0 fully saturated rings. The lowest BCUT2D eigenvalue weighted by Gasteiger charge is -2.07. The molecule has 1 aromatic heterocycles. The Hall–Kier alpha value is -2.01. The van der Waals surface area contributed by atoms with Crippen LogP contribution in [-0.2, 0) is 6.61 Å².